The third-order valence-corrected chi connectivity index (χ3v) is 2.44. The van der Waals surface area contributed by atoms with Gasteiger partial charge < -0.3 is 9.80 Å². The lowest BCUT2D eigenvalue weighted by atomic mass is 10.1. The highest BCUT2D eigenvalue weighted by Gasteiger charge is 2.18. The SMILES string of the molecule is [CH2-]N1CC[C@H](CN(C)C(C)=O)C1. The fourth-order valence-electron chi connectivity index (χ4n) is 1.58. The van der Waals surface area contributed by atoms with Crippen LogP contribution >= 0.6 is 0 Å². The van der Waals surface area contributed by atoms with Crippen LogP contribution in [0.2, 0.25) is 0 Å². The molecule has 0 N–H and O–H groups in total. The van der Waals surface area contributed by atoms with Gasteiger partial charge in [-0.2, -0.15) is 0 Å². The maximum Gasteiger partial charge on any atom is 0.219 e. The zero-order valence-corrected chi connectivity index (χ0v) is 7.92. The van der Waals surface area contributed by atoms with Crippen LogP contribution in [-0.2, 0) is 4.79 Å². The first-order valence-electron chi connectivity index (χ1n) is 4.36. The van der Waals surface area contributed by atoms with Crippen LogP contribution in [0.5, 0.6) is 0 Å². The number of hydrogen-bond donors (Lipinski definition) is 0. The smallest absolute Gasteiger partial charge is 0.219 e. The highest BCUT2D eigenvalue weighted by atomic mass is 16.2. The number of likely N-dealkylation sites (tertiary alicyclic amines) is 1. The molecule has 3 nitrogen and oxygen atoms in total. The predicted octanol–water partition coefficient (Wildman–Crippen LogP) is 0.578. The van der Waals surface area contributed by atoms with E-state index in [1.807, 2.05) is 7.05 Å². The third kappa shape index (κ3) is 2.48. The van der Waals surface area contributed by atoms with Crippen LogP contribution in [0, 0.1) is 13.0 Å². The van der Waals surface area contributed by atoms with E-state index < -0.39 is 0 Å². The van der Waals surface area contributed by atoms with Crippen molar-refractivity contribution in [2.75, 3.05) is 26.7 Å². The topological polar surface area (TPSA) is 23.6 Å². The molecule has 1 aliphatic rings. The highest BCUT2D eigenvalue weighted by molar-refractivity contribution is 5.72. The molecule has 3 heteroatoms. The number of rotatable bonds is 2. The number of hydrogen-bond acceptors (Lipinski definition) is 2. The third-order valence-electron chi connectivity index (χ3n) is 2.44. The molecule has 1 rings (SSSR count). The standard InChI is InChI=1S/C9H17N2O/c1-8(12)11(3)7-9-4-5-10(2)6-9/h9H,2,4-7H2,1,3H3/q-1/t9-/m0/s1. The van der Waals surface area contributed by atoms with E-state index in [0.29, 0.717) is 5.92 Å². The summed E-state index contributed by atoms with van der Waals surface area (Å²) in [6, 6.07) is 0. The van der Waals surface area contributed by atoms with Gasteiger partial charge in [0, 0.05) is 20.5 Å². The van der Waals surface area contributed by atoms with E-state index >= 15 is 0 Å². The summed E-state index contributed by atoms with van der Waals surface area (Å²) >= 11 is 0. The minimum absolute atomic E-state index is 0.150. The van der Waals surface area contributed by atoms with Gasteiger partial charge in [-0.1, -0.05) is 0 Å². The second-order valence-corrected chi connectivity index (χ2v) is 3.63. The molecule has 0 radical (unpaired) electrons. The molecule has 1 heterocycles. The zero-order chi connectivity index (χ0) is 9.14. The summed E-state index contributed by atoms with van der Waals surface area (Å²) < 4.78 is 0. The van der Waals surface area contributed by atoms with Crippen LogP contribution in [0.25, 0.3) is 0 Å². The molecule has 0 unspecified atom stereocenters. The molecule has 0 spiro atoms. The van der Waals surface area contributed by atoms with Gasteiger partial charge in [-0.3, -0.25) is 11.8 Å². The molecular weight excluding hydrogens is 152 g/mol. The summed E-state index contributed by atoms with van der Waals surface area (Å²) in [6.07, 6.45) is 1.17. The van der Waals surface area contributed by atoms with E-state index in [1.54, 1.807) is 11.8 Å². The zero-order valence-electron chi connectivity index (χ0n) is 7.92. The van der Waals surface area contributed by atoms with E-state index in [4.69, 9.17) is 0 Å². The lowest BCUT2D eigenvalue weighted by molar-refractivity contribution is -0.128. The number of amides is 1. The molecule has 0 aromatic heterocycles. The average Bonchev–Trinajstić information content (AvgIpc) is 2.35. The van der Waals surface area contributed by atoms with Crippen molar-refractivity contribution in [2.24, 2.45) is 5.92 Å². The Morgan fingerprint density at radius 3 is 2.83 bits per heavy atom. The number of carbonyl (C=O) groups excluding carboxylic acids is 1. The van der Waals surface area contributed by atoms with Gasteiger partial charge in [0.25, 0.3) is 0 Å². The lowest BCUT2D eigenvalue weighted by Crippen LogP contribution is -2.30. The van der Waals surface area contributed by atoms with Crippen LogP contribution in [0.3, 0.4) is 0 Å². The summed E-state index contributed by atoms with van der Waals surface area (Å²) in [5, 5.41) is 0. The Balaban J connectivity index is 2.27. The van der Waals surface area contributed by atoms with Crippen LogP contribution < -0.4 is 0 Å². The monoisotopic (exact) mass is 169 g/mol. The Morgan fingerprint density at radius 2 is 2.42 bits per heavy atom. The van der Waals surface area contributed by atoms with Gasteiger partial charge in [0.15, 0.2) is 0 Å². The summed E-state index contributed by atoms with van der Waals surface area (Å²) in [4.78, 5) is 14.8. The average molecular weight is 169 g/mol. The van der Waals surface area contributed by atoms with Gasteiger partial charge in [-0.15, -0.1) is 0 Å². The van der Waals surface area contributed by atoms with Gasteiger partial charge in [0.1, 0.15) is 0 Å². The summed E-state index contributed by atoms with van der Waals surface area (Å²) in [5.74, 6) is 0.772. The normalized spacial score (nSPS) is 24.4. The molecule has 1 aliphatic heterocycles. The molecule has 0 aromatic carbocycles. The van der Waals surface area contributed by atoms with E-state index in [1.165, 1.54) is 6.42 Å². The van der Waals surface area contributed by atoms with E-state index in [0.717, 1.165) is 19.6 Å². The molecule has 1 saturated heterocycles. The second kappa shape index (κ2) is 3.90. The Labute approximate surface area is 74.3 Å². The highest BCUT2D eigenvalue weighted by Crippen LogP contribution is 2.15. The van der Waals surface area contributed by atoms with Crippen molar-refractivity contribution >= 4 is 5.91 Å². The minimum Gasteiger partial charge on any atom is -0.459 e. The Hall–Kier alpha value is -0.570. The number of nitrogens with zero attached hydrogens (tertiary/aromatic N) is 2. The fraction of sp³-hybridized carbons (Fsp3) is 0.778. The van der Waals surface area contributed by atoms with Crippen LogP contribution in [-0.4, -0.2) is 42.4 Å². The van der Waals surface area contributed by atoms with E-state index in [9.17, 15) is 4.79 Å². The van der Waals surface area contributed by atoms with Crippen molar-refractivity contribution in [3.05, 3.63) is 7.05 Å². The molecule has 0 aliphatic carbocycles. The van der Waals surface area contributed by atoms with E-state index in [-0.39, 0.29) is 5.91 Å². The Morgan fingerprint density at radius 1 is 1.75 bits per heavy atom. The largest absolute Gasteiger partial charge is 0.459 e. The molecule has 0 bridgehead atoms. The molecule has 0 saturated carbocycles. The number of carbonyl (C=O) groups is 1. The Kier molecular flexibility index (Phi) is 3.09. The van der Waals surface area contributed by atoms with Gasteiger partial charge in [0.2, 0.25) is 5.91 Å². The van der Waals surface area contributed by atoms with Gasteiger partial charge in [-0.25, -0.2) is 0 Å². The van der Waals surface area contributed by atoms with Gasteiger partial charge in [0.05, 0.1) is 0 Å². The van der Waals surface area contributed by atoms with Crippen molar-refractivity contribution < 1.29 is 4.79 Å². The maximum atomic E-state index is 10.9. The van der Waals surface area contributed by atoms with E-state index in [2.05, 4.69) is 11.9 Å². The molecule has 1 fully saturated rings. The maximum absolute atomic E-state index is 10.9. The van der Waals surface area contributed by atoms with Crippen molar-refractivity contribution in [2.45, 2.75) is 13.3 Å². The second-order valence-electron chi connectivity index (χ2n) is 3.63. The van der Waals surface area contributed by atoms with Crippen molar-refractivity contribution in [3.63, 3.8) is 0 Å². The fourth-order valence-corrected chi connectivity index (χ4v) is 1.58. The molecule has 1 atom stereocenters. The molecular formula is C9H17N2O-. The molecule has 12 heavy (non-hydrogen) atoms. The first kappa shape index (κ1) is 9.52. The summed E-state index contributed by atoms with van der Waals surface area (Å²) in [5.41, 5.74) is 0. The summed E-state index contributed by atoms with van der Waals surface area (Å²) in [7, 11) is 5.73. The Bertz CT molecular complexity index is 170. The van der Waals surface area contributed by atoms with Crippen molar-refractivity contribution in [1.29, 1.82) is 0 Å². The molecule has 0 aromatic rings. The quantitative estimate of drug-likeness (QED) is 0.564. The first-order chi connectivity index (χ1) is 5.59. The first-order valence-corrected chi connectivity index (χ1v) is 4.36. The van der Waals surface area contributed by atoms with Gasteiger partial charge in [-0.05, 0) is 25.4 Å². The van der Waals surface area contributed by atoms with Crippen LogP contribution in [0.1, 0.15) is 13.3 Å². The van der Waals surface area contributed by atoms with Crippen molar-refractivity contribution in [1.82, 2.24) is 9.80 Å². The molecule has 70 valence electrons. The summed E-state index contributed by atoms with van der Waals surface area (Å²) in [6.45, 7) is 4.58. The van der Waals surface area contributed by atoms with Gasteiger partial charge >= 0.3 is 0 Å². The molecule has 1 amide bonds. The lowest BCUT2D eigenvalue weighted by Gasteiger charge is -2.21. The predicted molar refractivity (Wildman–Crippen MR) is 48.3 cm³/mol. The minimum atomic E-state index is 0.150. The van der Waals surface area contributed by atoms with Crippen molar-refractivity contribution in [3.8, 4) is 0 Å². The van der Waals surface area contributed by atoms with Crippen LogP contribution in [0.15, 0.2) is 0 Å². The van der Waals surface area contributed by atoms with Crippen LogP contribution in [0.4, 0.5) is 0 Å².